The van der Waals surface area contributed by atoms with E-state index in [1.165, 1.54) is 32.2 Å². The number of halogens is 5. The highest BCUT2D eigenvalue weighted by atomic mass is 19.2. The van der Waals surface area contributed by atoms with Crippen molar-refractivity contribution in [3.05, 3.63) is 47.8 Å². The molecule has 0 saturated carbocycles. The molecule has 0 bridgehead atoms. The Kier molecular flexibility index (Phi) is 7.67. The minimum absolute atomic E-state index is 1.17. The number of benzene rings is 1. The first-order chi connectivity index (χ1) is 11.3. The van der Waals surface area contributed by atoms with Crippen LogP contribution in [0.1, 0.15) is 32.6 Å². The largest absolute Gasteiger partial charge is 0.868 e. The van der Waals surface area contributed by atoms with Gasteiger partial charge in [-0.3, -0.25) is 0 Å². The third-order valence-electron chi connectivity index (χ3n) is 3.26. The number of hydrogen-bond donors (Lipinski definition) is 0. The van der Waals surface area contributed by atoms with Gasteiger partial charge in [0.05, 0.1) is 13.6 Å². The Morgan fingerprint density at radius 3 is 1.92 bits per heavy atom. The SMILES string of the molecule is CCCCCCn1cc[n+](C)c1.[O-]c1c(F)c(F)c(F)c(F)c1F. The Morgan fingerprint density at radius 1 is 0.917 bits per heavy atom. The van der Waals surface area contributed by atoms with Gasteiger partial charge < -0.3 is 5.11 Å². The van der Waals surface area contributed by atoms with Gasteiger partial charge in [0.2, 0.25) is 6.33 Å². The summed E-state index contributed by atoms with van der Waals surface area (Å²) in [7, 11) is 2.06. The Balaban J connectivity index is 0.000000240. The summed E-state index contributed by atoms with van der Waals surface area (Å²) in [6.45, 7) is 3.41. The predicted octanol–water partition coefficient (Wildman–Crippen LogP) is 3.35. The molecule has 24 heavy (non-hydrogen) atoms. The van der Waals surface area contributed by atoms with Gasteiger partial charge in [-0.2, -0.15) is 0 Å². The van der Waals surface area contributed by atoms with Crippen LogP contribution in [-0.2, 0) is 13.6 Å². The molecule has 0 spiro atoms. The normalized spacial score (nSPS) is 10.5. The molecule has 134 valence electrons. The number of unbranched alkanes of at least 4 members (excludes halogenated alkanes) is 3. The molecular formula is C16H19F5N2O. The van der Waals surface area contributed by atoms with Crippen LogP contribution in [0.4, 0.5) is 22.0 Å². The van der Waals surface area contributed by atoms with Crippen LogP contribution in [0.3, 0.4) is 0 Å². The third kappa shape index (κ3) is 5.21. The van der Waals surface area contributed by atoms with Crippen molar-refractivity contribution in [2.45, 2.75) is 39.2 Å². The number of rotatable bonds is 5. The fourth-order valence-electron chi connectivity index (χ4n) is 1.94. The molecule has 1 aromatic carbocycles. The Bertz CT molecular complexity index is 568. The Labute approximate surface area is 137 Å². The molecule has 8 heteroatoms. The second kappa shape index (κ2) is 9.24. The highest BCUT2D eigenvalue weighted by Crippen LogP contribution is 2.25. The number of hydrogen-bond acceptors (Lipinski definition) is 1. The van der Waals surface area contributed by atoms with E-state index in [-0.39, 0.29) is 0 Å². The predicted molar refractivity (Wildman–Crippen MR) is 75.4 cm³/mol. The summed E-state index contributed by atoms with van der Waals surface area (Å²) in [6, 6.07) is 0. The second-order valence-electron chi connectivity index (χ2n) is 5.28. The molecule has 2 aromatic rings. The van der Waals surface area contributed by atoms with Crippen molar-refractivity contribution in [3.63, 3.8) is 0 Å². The van der Waals surface area contributed by atoms with Gasteiger partial charge in [0.1, 0.15) is 12.4 Å². The van der Waals surface area contributed by atoms with Crippen LogP contribution in [0.2, 0.25) is 0 Å². The maximum atomic E-state index is 12.1. The van der Waals surface area contributed by atoms with Crippen LogP contribution in [0, 0.1) is 29.1 Å². The van der Waals surface area contributed by atoms with Gasteiger partial charge in [0.15, 0.2) is 29.1 Å². The van der Waals surface area contributed by atoms with Crippen molar-refractivity contribution in [3.8, 4) is 5.75 Å². The average Bonchev–Trinajstić information content (AvgIpc) is 2.99. The van der Waals surface area contributed by atoms with Crippen molar-refractivity contribution in [2.75, 3.05) is 0 Å². The van der Waals surface area contributed by atoms with E-state index in [2.05, 4.69) is 41.8 Å². The number of imidazole rings is 1. The Morgan fingerprint density at radius 2 is 1.46 bits per heavy atom. The molecule has 0 saturated heterocycles. The molecule has 0 unspecified atom stereocenters. The molecule has 0 aliphatic carbocycles. The van der Waals surface area contributed by atoms with Crippen LogP contribution in [0.15, 0.2) is 18.7 Å². The number of aromatic nitrogens is 2. The summed E-state index contributed by atoms with van der Waals surface area (Å²) in [5.41, 5.74) is 0. The fourth-order valence-corrected chi connectivity index (χ4v) is 1.94. The lowest BCUT2D eigenvalue weighted by Gasteiger charge is -2.09. The van der Waals surface area contributed by atoms with E-state index in [9.17, 15) is 27.1 Å². The molecule has 0 N–H and O–H groups in total. The summed E-state index contributed by atoms with van der Waals surface area (Å²) < 4.78 is 64.7. The lowest BCUT2D eigenvalue weighted by molar-refractivity contribution is -0.671. The van der Waals surface area contributed by atoms with Crippen molar-refractivity contribution in [2.24, 2.45) is 7.05 Å². The fraction of sp³-hybridized carbons (Fsp3) is 0.438. The summed E-state index contributed by atoms with van der Waals surface area (Å²) >= 11 is 0. The summed E-state index contributed by atoms with van der Waals surface area (Å²) in [5.74, 6) is -13.6. The lowest BCUT2D eigenvalue weighted by atomic mass is 10.2. The molecule has 1 heterocycles. The van der Waals surface area contributed by atoms with E-state index < -0.39 is 34.8 Å². The van der Waals surface area contributed by atoms with E-state index in [0.717, 1.165) is 0 Å². The van der Waals surface area contributed by atoms with Gasteiger partial charge in [-0.25, -0.2) is 31.1 Å². The van der Waals surface area contributed by atoms with Crippen LogP contribution in [0.25, 0.3) is 0 Å². The lowest BCUT2D eigenvalue weighted by Crippen LogP contribution is -2.23. The van der Waals surface area contributed by atoms with E-state index in [4.69, 9.17) is 0 Å². The molecule has 0 aliphatic rings. The maximum Gasteiger partial charge on any atom is 0.243 e. The highest BCUT2D eigenvalue weighted by Gasteiger charge is 2.20. The molecular weight excluding hydrogens is 331 g/mol. The summed E-state index contributed by atoms with van der Waals surface area (Å²) in [4.78, 5) is 0. The first-order valence-corrected chi connectivity index (χ1v) is 7.49. The van der Waals surface area contributed by atoms with E-state index in [1.54, 1.807) is 0 Å². The van der Waals surface area contributed by atoms with Gasteiger partial charge in [-0.15, -0.1) is 0 Å². The minimum atomic E-state index is -2.33. The first-order valence-electron chi connectivity index (χ1n) is 7.49. The van der Waals surface area contributed by atoms with Gasteiger partial charge in [0, 0.05) is 0 Å². The molecule has 1 aromatic heterocycles. The van der Waals surface area contributed by atoms with E-state index >= 15 is 0 Å². The van der Waals surface area contributed by atoms with Gasteiger partial charge in [-0.05, 0) is 18.6 Å². The molecule has 0 radical (unpaired) electrons. The second-order valence-corrected chi connectivity index (χ2v) is 5.28. The zero-order chi connectivity index (χ0) is 18.3. The van der Waals surface area contributed by atoms with Crippen LogP contribution in [0.5, 0.6) is 5.75 Å². The quantitative estimate of drug-likeness (QED) is 0.268. The molecule has 0 fully saturated rings. The van der Waals surface area contributed by atoms with Crippen LogP contribution < -0.4 is 9.67 Å². The van der Waals surface area contributed by atoms with Crippen molar-refractivity contribution in [1.29, 1.82) is 0 Å². The molecule has 3 nitrogen and oxygen atoms in total. The van der Waals surface area contributed by atoms with E-state index in [1.807, 2.05) is 0 Å². The monoisotopic (exact) mass is 350 g/mol. The first kappa shape index (κ1) is 19.9. The van der Waals surface area contributed by atoms with Crippen LogP contribution >= 0.6 is 0 Å². The number of aryl methyl sites for hydroxylation is 2. The van der Waals surface area contributed by atoms with Crippen molar-refractivity contribution in [1.82, 2.24) is 4.57 Å². The molecule has 0 atom stereocenters. The number of nitrogens with zero attached hydrogens (tertiary/aromatic N) is 2. The Hall–Kier alpha value is -2.12. The summed E-state index contributed by atoms with van der Waals surface area (Å²) in [5, 5.41) is 10.2. The third-order valence-corrected chi connectivity index (χ3v) is 3.26. The topological polar surface area (TPSA) is 31.9 Å². The standard InChI is InChI=1S/C10H19N2.C6HF5O/c1-3-4-5-6-7-12-9-8-11(2)10-12;7-1-2(8)4(10)6(12)5(11)3(1)9/h8-10H,3-7H2,1-2H3;12H/q+1;/p-1. The molecule has 0 amide bonds. The van der Waals surface area contributed by atoms with Crippen molar-refractivity contribution >= 4 is 0 Å². The van der Waals surface area contributed by atoms with Crippen LogP contribution in [-0.4, -0.2) is 4.57 Å². The van der Waals surface area contributed by atoms with Gasteiger partial charge in [0.25, 0.3) is 0 Å². The van der Waals surface area contributed by atoms with Gasteiger partial charge in [-0.1, -0.05) is 19.8 Å². The van der Waals surface area contributed by atoms with Gasteiger partial charge >= 0.3 is 0 Å². The minimum Gasteiger partial charge on any atom is -0.868 e. The van der Waals surface area contributed by atoms with Crippen molar-refractivity contribution < 1.29 is 31.6 Å². The zero-order valence-electron chi connectivity index (χ0n) is 13.5. The smallest absolute Gasteiger partial charge is 0.243 e. The highest BCUT2D eigenvalue weighted by molar-refractivity contribution is 5.26. The summed E-state index contributed by atoms with van der Waals surface area (Å²) in [6.07, 6.45) is 11.7. The molecule has 0 aliphatic heterocycles. The zero-order valence-corrected chi connectivity index (χ0v) is 13.5. The molecule has 2 rings (SSSR count). The van der Waals surface area contributed by atoms with E-state index in [0.29, 0.717) is 0 Å². The maximum absolute atomic E-state index is 12.1. The average molecular weight is 350 g/mol.